The second-order valence-corrected chi connectivity index (χ2v) is 8.85. The highest BCUT2D eigenvalue weighted by molar-refractivity contribution is 7.99. The fourth-order valence-electron chi connectivity index (χ4n) is 3.00. The van der Waals surface area contributed by atoms with Crippen molar-refractivity contribution in [1.82, 2.24) is 9.99 Å². The molecule has 0 atom stereocenters. The van der Waals surface area contributed by atoms with Gasteiger partial charge in [0.2, 0.25) is 5.91 Å². The standard InChI is InChI=1S/C22H20Cl3N3OS/c1-14-10-17(15(2)28(14)20-5-3-4-19(24)22(20)25)11-26-27-21(29)13-30-12-16-6-8-18(23)9-7-16/h3-11H,12-13H2,1-2H3,(H,27,29)/b26-11+. The zero-order valence-electron chi connectivity index (χ0n) is 16.5. The molecule has 2 aromatic carbocycles. The highest BCUT2D eigenvalue weighted by Crippen LogP contribution is 2.31. The quantitative estimate of drug-likeness (QED) is 0.312. The Bertz CT molecular complexity index is 1080. The van der Waals surface area contributed by atoms with Gasteiger partial charge in [-0.3, -0.25) is 4.79 Å². The van der Waals surface area contributed by atoms with Crippen LogP contribution in [-0.4, -0.2) is 22.4 Å². The van der Waals surface area contributed by atoms with E-state index in [1.807, 2.05) is 60.9 Å². The first-order valence-corrected chi connectivity index (χ1v) is 11.4. The minimum Gasteiger partial charge on any atom is -0.316 e. The minimum atomic E-state index is -0.156. The predicted molar refractivity (Wildman–Crippen MR) is 129 cm³/mol. The van der Waals surface area contributed by atoms with E-state index in [0.717, 1.165) is 34.0 Å². The van der Waals surface area contributed by atoms with Crippen LogP contribution in [0.15, 0.2) is 53.6 Å². The van der Waals surface area contributed by atoms with E-state index in [1.54, 1.807) is 12.3 Å². The van der Waals surface area contributed by atoms with E-state index < -0.39 is 0 Å². The number of hydrogen-bond donors (Lipinski definition) is 1. The smallest absolute Gasteiger partial charge is 0.250 e. The van der Waals surface area contributed by atoms with Gasteiger partial charge >= 0.3 is 0 Å². The Labute approximate surface area is 195 Å². The van der Waals surface area contributed by atoms with E-state index in [1.165, 1.54) is 11.8 Å². The zero-order valence-corrected chi connectivity index (χ0v) is 19.5. The highest BCUT2D eigenvalue weighted by atomic mass is 35.5. The number of thioether (sulfide) groups is 1. The van der Waals surface area contributed by atoms with E-state index >= 15 is 0 Å². The van der Waals surface area contributed by atoms with Gasteiger partial charge in [-0.15, -0.1) is 11.8 Å². The number of carbonyl (C=O) groups is 1. The van der Waals surface area contributed by atoms with Crippen LogP contribution in [0.1, 0.15) is 22.5 Å². The van der Waals surface area contributed by atoms with Crippen LogP contribution in [0.2, 0.25) is 15.1 Å². The minimum absolute atomic E-state index is 0.156. The number of benzene rings is 2. The third-order valence-corrected chi connectivity index (χ3v) is 6.52. The van der Waals surface area contributed by atoms with Crippen molar-refractivity contribution in [2.75, 3.05) is 5.75 Å². The predicted octanol–water partition coefficient (Wildman–Crippen LogP) is 6.44. The van der Waals surface area contributed by atoms with Crippen LogP contribution in [0.3, 0.4) is 0 Å². The van der Waals surface area contributed by atoms with Gasteiger partial charge in [0, 0.05) is 27.7 Å². The molecule has 0 aliphatic heterocycles. The Morgan fingerprint density at radius 2 is 1.87 bits per heavy atom. The first-order chi connectivity index (χ1) is 14.4. The van der Waals surface area contributed by atoms with Gasteiger partial charge in [-0.2, -0.15) is 5.10 Å². The molecule has 0 saturated heterocycles. The van der Waals surface area contributed by atoms with Crippen molar-refractivity contribution in [2.45, 2.75) is 19.6 Å². The summed E-state index contributed by atoms with van der Waals surface area (Å²) in [5.41, 5.74) is 7.33. The van der Waals surface area contributed by atoms with Crippen LogP contribution >= 0.6 is 46.6 Å². The van der Waals surface area contributed by atoms with E-state index in [0.29, 0.717) is 20.8 Å². The SMILES string of the molecule is Cc1cc(/C=N/NC(=O)CSCc2ccc(Cl)cc2)c(C)n1-c1cccc(Cl)c1Cl. The van der Waals surface area contributed by atoms with E-state index in [9.17, 15) is 4.79 Å². The summed E-state index contributed by atoms with van der Waals surface area (Å²) in [5.74, 6) is 0.893. The van der Waals surface area contributed by atoms with Gasteiger partial charge in [-0.25, -0.2) is 5.43 Å². The van der Waals surface area contributed by atoms with Crippen molar-refractivity contribution >= 4 is 58.7 Å². The van der Waals surface area contributed by atoms with Crippen molar-refractivity contribution in [1.29, 1.82) is 0 Å². The first kappa shape index (κ1) is 22.8. The number of aryl methyl sites for hydroxylation is 1. The Balaban J connectivity index is 1.59. The van der Waals surface area contributed by atoms with Gasteiger partial charge in [0.15, 0.2) is 0 Å². The molecule has 1 N–H and O–H groups in total. The maximum absolute atomic E-state index is 12.0. The zero-order chi connectivity index (χ0) is 21.7. The van der Waals surface area contributed by atoms with Crippen molar-refractivity contribution in [2.24, 2.45) is 5.10 Å². The molecule has 0 fully saturated rings. The topological polar surface area (TPSA) is 46.4 Å². The normalized spacial score (nSPS) is 11.2. The summed E-state index contributed by atoms with van der Waals surface area (Å²) in [7, 11) is 0. The molecular formula is C22H20Cl3N3OS. The molecule has 30 heavy (non-hydrogen) atoms. The van der Waals surface area contributed by atoms with E-state index in [-0.39, 0.29) is 5.91 Å². The molecule has 0 unspecified atom stereocenters. The van der Waals surface area contributed by atoms with Crippen molar-refractivity contribution in [3.8, 4) is 5.69 Å². The van der Waals surface area contributed by atoms with Gasteiger partial charge in [-0.1, -0.05) is 53.0 Å². The lowest BCUT2D eigenvalue weighted by Gasteiger charge is -2.12. The van der Waals surface area contributed by atoms with Gasteiger partial charge in [-0.05, 0) is 49.7 Å². The molecule has 0 radical (unpaired) electrons. The summed E-state index contributed by atoms with van der Waals surface area (Å²) >= 11 is 19.9. The van der Waals surface area contributed by atoms with Crippen molar-refractivity contribution in [3.63, 3.8) is 0 Å². The Hall–Kier alpha value is -1.92. The molecule has 0 aliphatic rings. The maximum atomic E-state index is 12.0. The number of rotatable bonds is 7. The lowest BCUT2D eigenvalue weighted by molar-refractivity contribution is -0.118. The second-order valence-electron chi connectivity index (χ2n) is 6.65. The number of carbonyl (C=O) groups excluding carboxylic acids is 1. The number of hydrazone groups is 1. The second kappa shape index (κ2) is 10.4. The summed E-state index contributed by atoms with van der Waals surface area (Å²) in [6.07, 6.45) is 1.64. The van der Waals surface area contributed by atoms with Crippen molar-refractivity contribution in [3.05, 3.63) is 86.1 Å². The number of hydrogen-bond acceptors (Lipinski definition) is 3. The fourth-order valence-corrected chi connectivity index (χ4v) is 4.29. The molecule has 0 bridgehead atoms. The highest BCUT2D eigenvalue weighted by Gasteiger charge is 2.13. The fraction of sp³-hybridized carbons (Fsp3) is 0.182. The van der Waals surface area contributed by atoms with Gasteiger partial charge in [0.05, 0.1) is 27.7 Å². The van der Waals surface area contributed by atoms with Crippen LogP contribution in [0.25, 0.3) is 5.69 Å². The first-order valence-electron chi connectivity index (χ1n) is 9.14. The van der Waals surface area contributed by atoms with E-state index in [2.05, 4.69) is 10.5 Å². The van der Waals surface area contributed by atoms with Gasteiger partial charge in [0.25, 0.3) is 0 Å². The molecule has 0 aliphatic carbocycles. The Kier molecular flexibility index (Phi) is 7.89. The third-order valence-electron chi connectivity index (χ3n) is 4.45. The number of amides is 1. The number of nitrogens with zero attached hydrogens (tertiary/aromatic N) is 2. The molecular weight excluding hydrogens is 461 g/mol. The molecule has 4 nitrogen and oxygen atoms in total. The molecule has 3 rings (SSSR count). The summed E-state index contributed by atoms with van der Waals surface area (Å²) < 4.78 is 2.01. The monoisotopic (exact) mass is 479 g/mol. The summed E-state index contributed by atoms with van der Waals surface area (Å²) in [5, 5.41) is 5.80. The molecule has 1 amide bonds. The van der Waals surface area contributed by atoms with Gasteiger partial charge < -0.3 is 4.57 Å². The van der Waals surface area contributed by atoms with Crippen LogP contribution in [-0.2, 0) is 10.5 Å². The molecule has 0 saturated carbocycles. The Morgan fingerprint density at radius 1 is 1.13 bits per heavy atom. The van der Waals surface area contributed by atoms with Crippen LogP contribution in [0.5, 0.6) is 0 Å². The number of halogens is 3. The average Bonchev–Trinajstić information content (AvgIpc) is 2.99. The van der Waals surface area contributed by atoms with Gasteiger partial charge in [0.1, 0.15) is 0 Å². The molecule has 1 heterocycles. The number of nitrogens with one attached hydrogen (secondary N) is 1. The molecule has 1 aromatic heterocycles. The molecule has 0 spiro atoms. The van der Waals surface area contributed by atoms with Crippen LogP contribution < -0.4 is 5.43 Å². The third kappa shape index (κ3) is 5.61. The Morgan fingerprint density at radius 3 is 2.60 bits per heavy atom. The van der Waals surface area contributed by atoms with Crippen LogP contribution in [0, 0.1) is 13.8 Å². The van der Waals surface area contributed by atoms with Crippen molar-refractivity contribution < 1.29 is 4.79 Å². The number of aromatic nitrogens is 1. The molecule has 3 aromatic rings. The lowest BCUT2D eigenvalue weighted by atomic mass is 10.2. The summed E-state index contributed by atoms with van der Waals surface area (Å²) in [6.45, 7) is 3.95. The van der Waals surface area contributed by atoms with E-state index in [4.69, 9.17) is 34.8 Å². The van der Waals surface area contributed by atoms with Crippen LogP contribution in [0.4, 0.5) is 0 Å². The average molecular weight is 481 g/mol. The summed E-state index contributed by atoms with van der Waals surface area (Å²) in [4.78, 5) is 12.0. The maximum Gasteiger partial charge on any atom is 0.250 e. The summed E-state index contributed by atoms with van der Waals surface area (Å²) in [6, 6.07) is 15.1. The molecule has 156 valence electrons. The molecule has 8 heteroatoms. The largest absolute Gasteiger partial charge is 0.316 e. The lowest BCUT2D eigenvalue weighted by Crippen LogP contribution is -2.19.